The fourth-order valence-electron chi connectivity index (χ4n) is 6.84. The Hall–Kier alpha value is -2.44. The molecule has 0 atom stereocenters. The van der Waals surface area contributed by atoms with Crippen LogP contribution in [0.3, 0.4) is 0 Å². The van der Waals surface area contributed by atoms with E-state index in [0.717, 1.165) is 45.2 Å². The molecule has 0 unspecified atom stereocenters. The number of ketones is 1. The van der Waals surface area contributed by atoms with Gasteiger partial charge in [-0.25, -0.2) is 4.79 Å². The van der Waals surface area contributed by atoms with Crippen molar-refractivity contribution in [1.29, 1.82) is 0 Å². The second kappa shape index (κ2) is 7.36. The van der Waals surface area contributed by atoms with Crippen LogP contribution in [0.1, 0.15) is 61.7 Å². The predicted molar refractivity (Wildman–Crippen MR) is 110 cm³/mol. The second-order valence-electron chi connectivity index (χ2n) is 9.85. The third-order valence-corrected chi connectivity index (χ3v) is 7.82. The lowest BCUT2D eigenvalue weighted by Gasteiger charge is -2.55. The minimum atomic E-state index is -0.663. The van der Waals surface area contributed by atoms with Crippen LogP contribution in [-0.2, 0) is 9.53 Å². The normalized spacial score (nSPS) is 31.7. The van der Waals surface area contributed by atoms with E-state index in [0.29, 0.717) is 23.4 Å². The Morgan fingerprint density at radius 1 is 1.07 bits per heavy atom. The van der Waals surface area contributed by atoms with Crippen molar-refractivity contribution in [2.75, 3.05) is 24.6 Å². The first-order valence-corrected chi connectivity index (χ1v) is 11.2. The molecule has 30 heavy (non-hydrogen) atoms. The third kappa shape index (κ3) is 3.38. The highest BCUT2D eigenvalue weighted by molar-refractivity contribution is 5.94. The van der Waals surface area contributed by atoms with Gasteiger partial charge >= 0.3 is 5.97 Å². The smallest absolute Gasteiger partial charge is 0.338 e. The quantitative estimate of drug-likeness (QED) is 0.396. The van der Waals surface area contributed by atoms with Crippen LogP contribution in [0.15, 0.2) is 18.2 Å². The van der Waals surface area contributed by atoms with E-state index in [-0.39, 0.29) is 29.1 Å². The highest BCUT2D eigenvalue weighted by atomic mass is 16.6. The number of carbonyl (C=O) groups excluding carboxylic acids is 2. The molecule has 4 bridgehead atoms. The van der Waals surface area contributed by atoms with Crippen LogP contribution in [0.5, 0.6) is 0 Å². The van der Waals surface area contributed by atoms with Crippen LogP contribution in [0.25, 0.3) is 0 Å². The molecule has 1 aliphatic heterocycles. The molecule has 0 radical (unpaired) electrons. The summed E-state index contributed by atoms with van der Waals surface area (Å²) in [6.07, 6.45) is 8.57. The van der Waals surface area contributed by atoms with Crippen molar-refractivity contribution in [3.05, 3.63) is 33.9 Å². The number of hydrogen-bond acceptors (Lipinski definition) is 6. The fraction of sp³-hybridized carbons (Fsp3) is 0.652. The molecule has 1 saturated heterocycles. The summed E-state index contributed by atoms with van der Waals surface area (Å²) in [6, 6.07) is 4.48. The number of nitrogens with zero attached hydrogens (tertiary/aromatic N) is 2. The molecule has 4 saturated carbocycles. The molecule has 7 nitrogen and oxygen atoms in total. The monoisotopic (exact) mass is 412 g/mol. The maximum atomic E-state index is 13.0. The van der Waals surface area contributed by atoms with Gasteiger partial charge in [0.05, 0.1) is 10.5 Å². The van der Waals surface area contributed by atoms with Gasteiger partial charge in [0.1, 0.15) is 5.69 Å². The van der Waals surface area contributed by atoms with Gasteiger partial charge in [-0.3, -0.25) is 14.9 Å². The molecular formula is C23H28N2O5. The van der Waals surface area contributed by atoms with Crippen molar-refractivity contribution in [3.63, 3.8) is 0 Å². The van der Waals surface area contributed by atoms with E-state index in [4.69, 9.17) is 4.74 Å². The van der Waals surface area contributed by atoms with E-state index < -0.39 is 10.9 Å². The summed E-state index contributed by atoms with van der Waals surface area (Å²) >= 11 is 0. The average Bonchev–Trinajstić information content (AvgIpc) is 3.25. The van der Waals surface area contributed by atoms with Gasteiger partial charge in [0, 0.05) is 24.6 Å². The first kappa shape index (κ1) is 19.5. The van der Waals surface area contributed by atoms with Crippen LogP contribution in [0.2, 0.25) is 0 Å². The molecule has 6 rings (SSSR count). The second-order valence-corrected chi connectivity index (χ2v) is 9.85. The fourth-order valence-corrected chi connectivity index (χ4v) is 6.84. The molecule has 0 amide bonds. The Kier molecular flexibility index (Phi) is 4.79. The molecule has 4 aliphatic carbocycles. The number of esters is 1. The minimum Gasteiger partial charge on any atom is -0.454 e. The van der Waals surface area contributed by atoms with Crippen molar-refractivity contribution in [1.82, 2.24) is 0 Å². The topological polar surface area (TPSA) is 89.8 Å². The molecule has 5 fully saturated rings. The van der Waals surface area contributed by atoms with E-state index in [1.807, 2.05) is 4.90 Å². The highest BCUT2D eigenvalue weighted by Crippen LogP contribution is 2.60. The number of benzene rings is 1. The summed E-state index contributed by atoms with van der Waals surface area (Å²) in [5.74, 6) is 1.33. The highest BCUT2D eigenvalue weighted by Gasteiger charge is 2.54. The zero-order valence-electron chi connectivity index (χ0n) is 17.2. The maximum Gasteiger partial charge on any atom is 0.338 e. The zero-order chi connectivity index (χ0) is 20.9. The van der Waals surface area contributed by atoms with E-state index in [2.05, 4.69) is 0 Å². The van der Waals surface area contributed by atoms with Crippen LogP contribution in [-0.4, -0.2) is 36.4 Å². The lowest BCUT2D eigenvalue weighted by atomic mass is 9.48. The number of ether oxygens (including phenoxy) is 1. The van der Waals surface area contributed by atoms with Crippen molar-refractivity contribution >= 4 is 23.1 Å². The number of nitro groups is 1. The molecular weight excluding hydrogens is 384 g/mol. The summed E-state index contributed by atoms with van der Waals surface area (Å²) in [5.41, 5.74) is 0.279. The molecule has 160 valence electrons. The molecule has 0 aromatic heterocycles. The van der Waals surface area contributed by atoms with Crippen LogP contribution >= 0.6 is 0 Å². The summed E-state index contributed by atoms with van der Waals surface area (Å²) in [5, 5.41) is 11.6. The molecule has 1 heterocycles. The first-order valence-electron chi connectivity index (χ1n) is 11.2. The van der Waals surface area contributed by atoms with E-state index in [1.54, 1.807) is 12.1 Å². The number of anilines is 1. The Bertz CT molecular complexity index is 854. The van der Waals surface area contributed by atoms with Crippen molar-refractivity contribution in [2.24, 2.45) is 23.2 Å². The SMILES string of the molecule is O=C(OCC(=O)C12CC3CC(CC(C3)C1)C2)c1ccc(N2CCCC2)c([N+](=O)[O-])c1. The largest absolute Gasteiger partial charge is 0.454 e. The number of carbonyl (C=O) groups is 2. The number of Topliss-reactive ketones (excluding diaryl/α,β-unsaturated/α-hetero) is 1. The molecule has 5 aliphatic rings. The van der Waals surface area contributed by atoms with Crippen LogP contribution in [0, 0.1) is 33.3 Å². The Morgan fingerprint density at radius 3 is 2.23 bits per heavy atom. The van der Waals surface area contributed by atoms with Gasteiger partial charge in [-0.15, -0.1) is 0 Å². The summed E-state index contributed by atoms with van der Waals surface area (Å²) in [7, 11) is 0. The molecule has 1 aromatic rings. The number of nitro benzene ring substituents is 1. The molecule has 1 aromatic carbocycles. The van der Waals surface area contributed by atoms with E-state index >= 15 is 0 Å². The lowest BCUT2D eigenvalue weighted by molar-refractivity contribution is -0.384. The Balaban J connectivity index is 1.27. The predicted octanol–water partition coefficient (Wildman–Crippen LogP) is 4.14. The van der Waals surface area contributed by atoms with E-state index in [1.165, 1.54) is 25.3 Å². The van der Waals surface area contributed by atoms with Crippen molar-refractivity contribution < 1.29 is 19.2 Å². The molecule has 0 spiro atoms. The van der Waals surface area contributed by atoms with Crippen LogP contribution < -0.4 is 4.90 Å². The van der Waals surface area contributed by atoms with Crippen molar-refractivity contribution in [3.8, 4) is 0 Å². The molecule has 0 N–H and O–H groups in total. The van der Waals surface area contributed by atoms with E-state index in [9.17, 15) is 19.7 Å². The van der Waals surface area contributed by atoms with Gasteiger partial charge in [-0.05, 0) is 81.3 Å². The van der Waals surface area contributed by atoms with Gasteiger partial charge < -0.3 is 9.64 Å². The number of hydrogen-bond donors (Lipinski definition) is 0. The minimum absolute atomic E-state index is 0.0399. The third-order valence-electron chi connectivity index (χ3n) is 7.82. The van der Waals surface area contributed by atoms with Crippen LogP contribution in [0.4, 0.5) is 11.4 Å². The summed E-state index contributed by atoms with van der Waals surface area (Å²) in [4.78, 5) is 38.7. The maximum absolute atomic E-state index is 13.0. The van der Waals surface area contributed by atoms with Gasteiger partial charge in [0.15, 0.2) is 12.4 Å². The zero-order valence-corrected chi connectivity index (χ0v) is 17.2. The van der Waals surface area contributed by atoms with Gasteiger partial charge in [0.25, 0.3) is 5.69 Å². The van der Waals surface area contributed by atoms with Crippen molar-refractivity contribution in [2.45, 2.75) is 51.4 Å². The first-order chi connectivity index (χ1) is 14.4. The van der Waals surface area contributed by atoms with Gasteiger partial charge in [0.2, 0.25) is 0 Å². The summed E-state index contributed by atoms with van der Waals surface area (Å²) < 4.78 is 5.35. The number of rotatable bonds is 6. The Morgan fingerprint density at radius 2 is 1.67 bits per heavy atom. The standard InChI is InChI=1S/C23H28N2O5/c26-21(23-11-15-7-16(12-23)9-17(8-15)13-23)14-30-22(27)18-3-4-19(20(10-18)25(28)29)24-5-1-2-6-24/h3-4,10,15-17H,1-2,5-9,11-14H2. The lowest BCUT2D eigenvalue weighted by Crippen LogP contribution is -2.51. The summed E-state index contributed by atoms with van der Waals surface area (Å²) in [6.45, 7) is 1.33. The van der Waals surface area contributed by atoms with Gasteiger partial charge in [-0.2, -0.15) is 0 Å². The molecule has 7 heteroatoms. The average molecular weight is 412 g/mol. The Labute approximate surface area is 175 Å². The van der Waals surface area contributed by atoms with Gasteiger partial charge in [-0.1, -0.05) is 0 Å².